The van der Waals surface area contributed by atoms with Crippen molar-refractivity contribution in [2.24, 2.45) is 0 Å². The van der Waals surface area contributed by atoms with Crippen molar-refractivity contribution in [2.45, 2.75) is 13.8 Å². The molecule has 0 amide bonds. The summed E-state index contributed by atoms with van der Waals surface area (Å²) in [4.78, 5) is 23.9. The molecule has 0 aromatic heterocycles. The molecule has 0 aliphatic heterocycles. The van der Waals surface area contributed by atoms with Crippen molar-refractivity contribution in [3.8, 4) is 0 Å². The predicted octanol–water partition coefficient (Wildman–Crippen LogP) is 3.43. The lowest BCUT2D eigenvalue weighted by atomic mass is 9.95. The average Bonchev–Trinajstić information content (AvgIpc) is 2.39. The lowest BCUT2D eigenvalue weighted by Crippen LogP contribution is -2.08. The first kappa shape index (κ1) is 12.2. The quantitative estimate of drug-likeness (QED) is 0.768. The summed E-state index contributed by atoms with van der Waals surface area (Å²) in [6.45, 7) is 3.39. The van der Waals surface area contributed by atoms with Gasteiger partial charge in [-0.05, 0) is 19.9 Å². The number of benzene rings is 2. The number of aryl methyl sites for hydroxylation is 1. The fourth-order valence-electron chi connectivity index (χ4n) is 1.89. The van der Waals surface area contributed by atoms with E-state index in [0.717, 1.165) is 5.56 Å². The molecule has 0 spiro atoms. The molecule has 2 nitrogen and oxygen atoms in total. The highest BCUT2D eigenvalue weighted by Crippen LogP contribution is 2.17. The molecule has 2 heteroatoms. The zero-order valence-corrected chi connectivity index (χ0v) is 10.4. The van der Waals surface area contributed by atoms with Gasteiger partial charge in [-0.15, -0.1) is 0 Å². The van der Waals surface area contributed by atoms with Crippen LogP contribution in [-0.4, -0.2) is 11.6 Å². The van der Waals surface area contributed by atoms with Gasteiger partial charge in [0.1, 0.15) is 0 Å². The van der Waals surface area contributed by atoms with Gasteiger partial charge in [0.25, 0.3) is 0 Å². The van der Waals surface area contributed by atoms with Crippen LogP contribution in [0.15, 0.2) is 48.5 Å². The van der Waals surface area contributed by atoms with Crippen LogP contribution in [0.2, 0.25) is 0 Å². The number of rotatable bonds is 3. The molecule has 0 fully saturated rings. The van der Waals surface area contributed by atoms with Gasteiger partial charge >= 0.3 is 0 Å². The normalized spacial score (nSPS) is 10.1. The zero-order valence-electron chi connectivity index (χ0n) is 10.4. The van der Waals surface area contributed by atoms with E-state index in [1.807, 2.05) is 31.2 Å². The molecule has 0 atom stereocenters. The second-order valence-corrected chi connectivity index (χ2v) is 4.30. The molecule has 0 unspecified atom stereocenters. The minimum absolute atomic E-state index is 0.0852. The van der Waals surface area contributed by atoms with Crippen molar-refractivity contribution in [3.05, 3.63) is 70.8 Å². The van der Waals surface area contributed by atoms with Crippen molar-refractivity contribution in [3.63, 3.8) is 0 Å². The molecule has 90 valence electrons. The van der Waals surface area contributed by atoms with Crippen LogP contribution in [-0.2, 0) is 0 Å². The Labute approximate surface area is 106 Å². The average molecular weight is 238 g/mol. The van der Waals surface area contributed by atoms with E-state index in [2.05, 4.69) is 0 Å². The Morgan fingerprint density at radius 1 is 0.889 bits per heavy atom. The topological polar surface area (TPSA) is 34.1 Å². The fourth-order valence-corrected chi connectivity index (χ4v) is 1.89. The van der Waals surface area contributed by atoms with Crippen molar-refractivity contribution in [1.82, 2.24) is 0 Å². The van der Waals surface area contributed by atoms with Gasteiger partial charge < -0.3 is 0 Å². The molecule has 0 aliphatic carbocycles. The first-order valence-corrected chi connectivity index (χ1v) is 5.81. The van der Waals surface area contributed by atoms with Gasteiger partial charge in [-0.1, -0.05) is 48.0 Å². The summed E-state index contributed by atoms with van der Waals surface area (Å²) in [6, 6.07) is 14.3. The molecule has 2 aromatic rings. The molecule has 0 aliphatic rings. The van der Waals surface area contributed by atoms with Crippen LogP contribution in [0.1, 0.15) is 38.8 Å². The number of hydrogen-bond acceptors (Lipinski definition) is 2. The summed E-state index contributed by atoms with van der Waals surface area (Å²) in [5.74, 6) is -0.196. The lowest BCUT2D eigenvalue weighted by molar-refractivity contribution is 0.0990. The molecule has 2 aromatic carbocycles. The summed E-state index contributed by atoms with van der Waals surface area (Å²) in [6.07, 6.45) is 0. The maximum atomic E-state index is 12.3. The van der Waals surface area contributed by atoms with E-state index in [1.54, 1.807) is 24.3 Å². The molecule has 18 heavy (non-hydrogen) atoms. The van der Waals surface area contributed by atoms with Gasteiger partial charge in [-0.3, -0.25) is 9.59 Å². The zero-order chi connectivity index (χ0) is 13.1. The molecular weight excluding hydrogens is 224 g/mol. The fraction of sp³-hybridized carbons (Fsp3) is 0.125. The van der Waals surface area contributed by atoms with E-state index in [9.17, 15) is 9.59 Å². The maximum Gasteiger partial charge on any atom is 0.193 e. The number of ketones is 2. The number of Topliss-reactive ketones (excluding diaryl/α,β-unsaturated/α-hetero) is 1. The van der Waals surface area contributed by atoms with E-state index in [1.165, 1.54) is 6.92 Å². The largest absolute Gasteiger partial charge is 0.294 e. The summed E-state index contributed by atoms with van der Waals surface area (Å²) < 4.78 is 0. The molecule has 2 rings (SSSR count). The van der Waals surface area contributed by atoms with Gasteiger partial charge in [0.15, 0.2) is 11.6 Å². The lowest BCUT2D eigenvalue weighted by Gasteiger charge is -2.07. The first-order valence-electron chi connectivity index (χ1n) is 5.81. The number of carbonyl (C=O) groups excluding carboxylic acids is 2. The summed E-state index contributed by atoms with van der Waals surface area (Å²) >= 11 is 0. The van der Waals surface area contributed by atoms with Gasteiger partial charge in [0, 0.05) is 16.7 Å². The van der Waals surface area contributed by atoms with Crippen LogP contribution in [0.4, 0.5) is 0 Å². The van der Waals surface area contributed by atoms with Crippen LogP contribution in [0.3, 0.4) is 0 Å². The van der Waals surface area contributed by atoms with Crippen molar-refractivity contribution in [2.75, 3.05) is 0 Å². The molecule has 0 heterocycles. The van der Waals surface area contributed by atoms with E-state index < -0.39 is 0 Å². The van der Waals surface area contributed by atoms with Crippen LogP contribution in [0.25, 0.3) is 0 Å². The van der Waals surface area contributed by atoms with Crippen LogP contribution < -0.4 is 0 Å². The van der Waals surface area contributed by atoms with Crippen LogP contribution in [0.5, 0.6) is 0 Å². The standard InChI is InChI=1S/C16H14O2/c1-11-8-9-14(15(10-11)12(2)17)16(18)13-6-4-3-5-7-13/h3-10H,1-2H3. The van der Waals surface area contributed by atoms with E-state index >= 15 is 0 Å². The highest BCUT2D eigenvalue weighted by molar-refractivity contribution is 6.15. The van der Waals surface area contributed by atoms with Crippen molar-refractivity contribution >= 4 is 11.6 Å². The Morgan fingerprint density at radius 3 is 2.17 bits per heavy atom. The smallest absolute Gasteiger partial charge is 0.193 e. The second kappa shape index (κ2) is 4.96. The van der Waals surface area contributed by atoms with Gasteiger partial charge in [-0.25, -0.2) is 0 Å². The SMILES string of the molecule is CC(=O)c1cc(C)ccc1C(=O)c1ccccc1. The molecule has 0 radical (unpaired) electrons. The highest BCUT2D eigenvalue weighted by atomic mass is 16.1. The van der Waals surface area contributed by atoms with Gasteiger partial charge in [-0.2, -0.15) is 0 Å². The molecule has 0 N–H and O–H groups in total. The summed E-state index contributed by atoms with van der Waals surface area (Å²) in [5.41, 5.74) is 2.54. The summed E-state index contributed by atoms with van der Waals surface area (Å²) in [5, 5.41) is 0. The third kappa shape index (κ3) is 2.38. The molecule has 0 saturated heterocycles. The highest BCUT2D eigenvalue weighted by Gasteiger charge is 2.15. The number of carbonyl (C=O) groups is 2. The van der Waals surface area contributed by atoms with Gasteiger partial charge in [0.05, 0.1) is 0 Å². The first-order chi connectivity index (χ1) is 8.59. The minimum atomic E-state index is -0.110. The molecule has 0 saturated carbocycles. The second-order valence-electron chi connectivity index (χ2n) is 4.30. The van der Waals surface area contributed by atoms with Crippen LogP contribution >= 0.6 is 0 Å². The predicted molar refractivity (Wildman–Crippen MR) is 71.1 cm³/mol. The maximum absolute atomic E-state index is 12.3. The third-order valence-corrected chi connectivity index (χ3v) is 2.83. The van der Waals surface area contributed by atoms with E-state index in [0.29, 0.717) is 16.7 Å². The third-order valence-electron chi connectivity index (χ3n) is 2.83. The Morgan fingerprint density at radius 2 is 1.56 bits per heavy atom. The molecular formula is C16H14O2. The number of hydrogen-bond donors (Lipinski definition) is 0. The van der Waals surface area contributed by atoms with Crippen molar-refractivity contribution < 1.29 is 9.59 Å². The Kier molecular flexibility index (Phi) is 3.38. The van der Waals surface area contributed by atoms with E-state index in [4.69, 9.17) is 0 Å². The molecule has 0 bridgehead atoms. The Bertz CT molecular complexity index is 598. The summed E-state index contributed by atoms with van der Waals surface area (Å²) in [7, 11) is 0. The van der Waals surface area contributed by atoms with Crippen molar-refractivity contribution in [1.29, 1.82) is 0 Å². The Balaban J connectivity index is 2.52. The van der Waals surface area contributed by atoms with Gasteiger partial charge in [0.2, 0.25) is 0 Å². The Hall–Kier alpha value is -2.22. The van der Waals surface area contributed by atoms with Crippen LogP contribution in [0, 0.1) is 6.92 Å². The monoisotopic (exact) mass is 238 g/mol. The van der Waals surface area contributed by atoms with E-state index in [-0.39, 0.29) is 11.6 Å². The minimum Gasteiger partial charge on any atom is -0.294 e.